The van der Waals surface area contributed by atoms with E-state index >= 15 is 0 Å². The lowest BCUT2D eigenvalue weighted by molar-refractivity contribution is -0.211. The summed E-state index contributed by atoms with van der Waals surface area (Å²) in [6.45, 7) is -0.559. The Morgan fingerprint density at radius 1 is 1.10 bits per heavy atom. The molecule has 3 heterocycles. The monoisotopic (exact) mass is 646 g/mol. The zero-order valence-electron chi connectivity index (χ0n) is 21.5. The van der Waals surface area contributed by atoms with E-state index in [4.69, 9.17) is 60.6 Å². The summed E-state index contributed by atoms with van der Waals surface area (Å²) in [6, 6.07) is 7.70. The van der Waals surface area contributed by atoms with Gasteiger partial charge in [0.25, 0.3) is 5.91 Å². The maximum atomic E-state index is 14.3. The molecule has 11 nitrogen and oxygen atoms in total. The van der Waals surface area contributed by atoms with Crippen molar-refractivity contribution < 1.29 is 34.3 Å². The molecule has 3 aromatic rings. The van der Waals surface area contributed by atoms with Gasteiger partial charge in [-0.15, -0.1) is 5.10 Å². The maximum Gasteiger partial charge on any atom is 0.259 e. The third-order valence-electron chi connectivity index (χ3n) is 7.13. The zero-order valence-corrected chi connectivity index (χ0v) is 24.5. The lowest BCUT2D eigenvalue weighted by atomic mass is 9.91. The van der Waals surface area contributed by atoms with Crippen molar-refractivity contribution in [3.63, 3.8) is 0 Å². The predicted molar refractivity (Wildman–Crippen MR) is 152 cm³/mol. The smallest absolute Gasteiger partial charge is 0.259 e. The number of nitrogens with zero attached hydrogens (tertiary/aromatic N) is 4. The topological polar surface area (TPSA) is 139 Å². The number of benzene rings is 2. The van der Waals surface area contributed by atoms with Crippen molar-refractivity contribution in [2.24, 2.45) is 0 Å². The van der Waals surface area contributed by atoms with Gasteiger partial charge in [-0.05, 0) is 30.3 Å². The molecule has 0 radical (unpaired) electrons. The molecule has 0 bridgehead atoms. The van der Waals surface area contributed by atoms with E-state index in [2.05, 4.69) is 10.3 Å². The van der Waals surface area contributed by atoms with Gasteiger partial charge in [0.1, 0.15) is 36.2 Å². The van der Waals surface area contributed by atoms with E-state index in [0.717, 1.165) is 0 Å². The summed E-state index contributed by atoms with van der Waals surface area (Å²) in [5.74, 6) is -0.634. The highest BCUT2D eigenvalue weighted by molar-refractivity contribution is 6.42. The first-order valence-electron chi connectivity index (χ1n) is 12.5. The molecule has 41 heavy (non-hydrogen) atoms. The van der Waals surface area contributed by atoms with Gasteiger partial charge < -0.3 is 34.4 Å². The van der Waals surface area contributed by atoms with Crippen molar-refractivity contribution in [3.8, 4) is 11.3 Å². The van der Waals surface area contributed by atoms with Crippen LogP contribution in [0.2, 0.25) is 20.1 Å². The Labute approximate surface area is 255 Å². The zero-order chi connectivity index (χ0) is 29.4. The third kappa shape index (κ3) is 6.07. The number of hydrogen-bond donors (Lipinski definition) is 3. The minimum absolute atomic E-state index is 0.0129. The molecule has 0 unspecified atom stereocenters. The maximum absolute atomic E-state index is 14.3. The van der Waals surface area contributed by atoms with E-state index in [1.54, 1.807) is 24.4 Å². The molecule has 5 rings (SSSR count). The minimum Gasteiger partial charge on any atom is -0.394 e. The van der Waals surface area contributed by atoms with Crippen LogP contribution in [0.5, 0.6) is 0 Å². The Balaban J connectivity index is 1.54. The van der Waals surface area contributed by atoms with Crippen molar-refractivity contribution in [2.45, 2.75) is 42.6 Å². The fourth-order valence-corrected chi connectivity index (χ4v) is 5.96. The first-order chi connectivity index (χ1) is 19.6. The molecule has 2 aliphatic heterocycles. The molecule has 2 aromatic carbocycles. The van der Waals surface area contributed by atoms with Gasteiger partial charge in [0, 0.05) is 28.4 Å². The second-order valence-electron chi connectivity index (χ2n) is 9.68. The van der Waals surface area contributed by atoms with Crippen LogP contribution >= 0.6 is 46.4 Å². The summed E-state index contributed by atoms with van der Waals surface area (Å²) in [5.41, 5.74) is 1.33. The number of aliphatic hydroxyl groups is 3. The van der Waals surface area contributed by atoms with Crippen molar-refractivity contribution >= 4 is 58.0 Å². The number of carbonyl (C=O) groups excluding carboxylic acids is 1. The van der Waals surface area contributed by atoms with Gasteiger partial charge >= 0.3 is 0 Å². The summed E-state index contributed by atoms with van der Waals surface area (Å²) >= 11 is 24.7. The van der Waals surface area contributed by atoms with Gasteiger partial charge in [0.15, 0.2) is 6.10 Å². The van der Waals surface area contributed by atoms with E-state index in [-0.39, 0.29) is 23.3 Å². The molecule has 3 N–H and O–H groups in total. The molecular formula is C26H26Cl4N4O7. The lowest BCUT2D eigenvalue weighted by Gasteiger charge is -2.45. The van der Waals surface area contributed by atoms with Crippen LogP contribution in [-0.2, 0) is 19.0 Å². The second kappa shape index (κ2) is 12.7. The highest BCUT2D eigenvalue weighted by Crippen LogP contribution is 2.37. The normalized spacial score (nSPS) is 28.1. The average molecular weight is 648 g/mol. The van der Waals surface area contributed by atoms with Crippen LogP contribution in [0.25, 0.3) is 11.3 Å². The lowest BCUT2D eigenvalue weighted by Crippen LogP contribution is -2.63. The molecule has 1 amide bonds. The summed E-state index contributed by atoms with van der Waals surface area (Å²) in [6.07, 6.45) is -4.46. The number of rotatable bonds is 7. The Kier molecular flexibility index (Phi) is 9.41. The molecular weight excluding hydrogens is 622 g/mol. The second-order valence-corrected chi connectivity index (χ2v) is 11.4. The van der Waals surface area contributed by atoms with E-state index in [9.17, 15) is 20.1 Å². The predicted octanol–water partition coefficient (Wildman–Crippen LogP) is 3.03. The van der Waals surface area contributed by atoms with Gasteiger partial charge in [-0.25, -0.2) is 4.68 Å². The number of amides is 1. The van der Waals surface area contributed by atoms with E-state index in [1.165, 1.54) is 34.9 Å². The number of aromatic nitrogens is 3. The Morgan fingerprint density at radius 3 is 2.44 bits per heavy atom. The van der Waals surface area contributed by atoms with E-state index < -0.39 is 55.1 Å². The van der Waals surface area contributed by atoms with Gasteiger partial charge in [-0.1, -0.05) is 57.7 Å². The average Bonchev–Trinajstić information content (AvgIpc) is 3.59. The summed E-state index contributed by atoms with van der Waals surface area (Å²) < 4.78 is 18.5. The van der Waals surface area contributed by atoms with Crippen LogP contribution in [0.4, 0.5) is 5.69 Å². The first kappa shape index (κ1) is 30.4. The van der Waals surface area contributed by atoms with E-state index in [1.807, 2.05) is 0 Å². The fraction of sp³-hybridized carbons (Fsp3) is 0.423. The summed E-state index contributed by atoms with van der Waals surface area (Å²) in [5, 5.41) is 41.6. The SMILES string of the molecule is CO[C@@H]1[C@@H](n2cc(-c3ccc(Cl)c(Cl)c3)nn2)[C@@H](O)[C@@H](CO)O[C@H]1C(=O)N(c1cc(Cl)cc(Cl)c1)[C@H]1COC[C@@H]1O. The summed E-state index contributed by atoms with van der Waals surface area (Å²) in [4.78, 5) is 15.6. The molecule has 0 aliphatic carbocycles. The van der Waals surface area contributed by atoms with Crippen LogP contribution in [0, 0.1) is 0 Å². The van der Waals surface area contributed by atoms with Crippen molar-refractivity contribution in [1.82, 2.24) is 15.0 Å². The Morgan fingerprint density at radius 2 is 1.83 bits per heavy atom. The molecule has 220 valence electrons. The van der Waals surface area contributed by atoms with Crippen LogP contribution in [0.1, 0.15) is 6.04 Å². The molecule has 15 heteroatoms. The number of carbonyl (C=O) groups is 1. The largest absolute Gasteiger partial charge is 0.394 e. The molecule has 2 saturated heterocycles. The molecule has 1 aromatic heterocycles. The van der Waals surface area contributed by atoms with Crippen LogP contribution < -0.4 is 4.90 Å². The molecule has 7 atom stereocenters. The van der Waals surface area contributed by atoms with Crippen molar-refractivity contribution in [1.29, 1.82) is 0 Å². The first-order valence-corrected chi connectivity index (χ1v) is 14.0. The minimum atomic E-state index is -1.37. The van der Waals surface area contributed by atoms with Crippen molar-refractivity contribution in [2.75, 3.05) is 31.8 Å². The number of hydrogen-bond acceptors (Lipinski definition) is 9. The number of ether oxygens (including phenoxy) is 3. The number of halogens is 4. The van der Waals surface area contributed by atoms with Gasteiger partial charge in [0.2, 0.25) is 0 Å². The molecule has 2 aliphatic rings. The highest BCUT2D eigenvalue weighted by Gasteiger charge is 2.52. The molecule has 2 fully saturated rings. The van der Waals surface area contributed by atoms with E-state index in [0.29, 0.717) is 27.0 Å². The third-order valence-corrected chi connectivity index (χ3v) is 8.31. The van der Waals surface area contributed by atoms with Crippen LogP contribution in [-0.4, -0.2) is 99.7 Å². The Hall–Kier alpha value is -2.03. The number of methoxy groups -OCH3 is 1. The quantitative estimate of drug-likeness (QED) is 0.353. The van der Waals surface area contributed by atoms with Crippen LogP contribution in [0.3, 0.4) is 0 Å². The standard InChI is InChI=1S/C26H26Cl4N4O7/c1-39-24-22(33-8-18(31-32-33)12-2-3-16(29)17(30)4-12)23(37)21(9-35)41-25(24)26(38)34(19-10-40-11-20(19)36)15-6-13(27)5-14(28)7-15/h2-8,19-25,35-37H,9-11H2,1H3/t19-,20-,21+,22-,23-,24+,25+/m0/s1. The fourth-order valence-electron chi connectivity index (χ4n) is 5.15. The van der Waals surface area contributed by atoms with Crippen molar-refractivity contribution in [3.05, 3.63) is 62.7 Å². The molecule has 0 saturated carbocycles. The highest BCUT2D eigenvalue weighted by atomic mass is 35.5. The van der Waals surface area contributed by atoms with Gasteiger partial charge in [-0.3, -0.25) is 4.79 Å². The number of aliphatic hydroxyl groups excluding tert-OH is 3. The number of anilines is 1. The summed E-state index contributed by atoms with van der Waals surface area (Å²) in [7, 11) is 1.36. The van der Waals surface area contributed by atoms with Gasteiger partial charge in [-0.2, -0.15) is 0 Å². The Bertz CT molecular complexity index is 1390. The van der Waals surface area contributed by atoms with Crippen LogP contribution in [0.15, 0.2) is 42.6 Å². The van der Waals surface area contributed by atoms with Gasteiger partial charge in [0.05, 0.1) is 42.1 Å². The molecule has 0 spiro atoms.